The maximum Gasteiger partial charge on any atom is 0.197 e. The number of aromatic nitrogens is 1. The maximum absolute atomic E-state index is 14.2. The third kappa shape index (κ3) is 7.19. The SMILES string of the molecule is O=C1C(=Cc2ccc3cc(N(c4ccccc4)c4c5ccccc5cc5ccc(-c6ccc7c(c6)C(O)C(=Cc6ccc8cc(-n9c%10ccccc%10c%10ccccc%109)ccc8c6)C7=O)cc45)ccc3c2)C(=O)c2ccccc21. The summed E-state index contributed by atoms with van der Waals surface area (Å²) in [6.07, 6.45) is 2.44. The largest absolute Gasteiger partial charge is 0.383 e. The molecule has 13 aromatic rings. The van der Waals surface area contributed by atoms with Crippen molar-refractivity contribution in [3.05, 3.63) is 287 Å². The number of para-hydroxylation sites is 3. The Kier molecular flexibility index (Phi) is 10.2. The molecule has 2 aliphatic rings. The van der Waals surface area contributed by atoms with E-state index in [9.17, 15) is 19.5 Å². The van der Waals surface area contributed by atoms with E-state index >= 15 is 0 Å². The molecule has 0 radical (unpaired) electrons. The summed E-state index contributed by atoms with van der Waals surface area (Å²) >= 11 is 0. The van der Waals surface area contributed by atoms with Crippen LogP contribution in [-0.2, 0) is 0 Å². The fraction of sp³-hybridized carbons (Fsp3) is 0.0139. The highest BCUT2D eigenvalue weighted by atomic mass is 16.3. The van der Waals surface area contributed by atoms with Crippen molar-refractivity contribution in [3.63, 3.8) is 0 Å². The molecule has 15 rings (SSSR count). The fourth-order valence-electron chi connectivity index (χ4n) is 12.1. The van der Waals surface area contributed by atoms with Crippen LogP contribution in [0.5, 0.6) is 0 Å². The number of benzene rings is 12. The molecule has 1 unspecified atom stereocenters. The average Bonchev–Trinajstić information content (AvgIpc) is 4.16. The van der Waals surface area contributed by atoms with Crippen LogP contribution in [0.25, 0.3) is 93.9 Å². The average molecular weight is 1000 g/mol. The van der Waals surface area contributed by atoms with Gasteiger partial charge in [-0.3, -0.25) is 14.4 Å². The Morgan fingerprint density at radius 2 is 0.936 bits per heavy atom. The number of aliphatic hydroxyl groups is 1. The zero-order valence-electron chi connectivity index (χ0n) is 41.9. The van der Waals surface area contributed by atoms with E-state index in [1.165, 1.54) is 10.8 Å². The summed E-state index contributed by atoms with van der Waals surface area (Å²) in [6, 6.07) is 82.5. The van der Waals surface area contributed by atoms with E-state index in [-0.39, 0.29) is 22.9 Å². The van der Waals surface area contributed by atoms with Crippen LogP contribution in [0.3, 0.4) is 0 Å². The van der Waals surface area contributed by atoms with Crippen molar-refractivity contribution in [2.75, 3.05) is 4.90 Å². The number of fused-ring (bicyclic) bond motifs is 9. The number of carbonyl (C=O) groups excluding carboxylic acids is 3. The van der Waals surface area contributed by atoms with Gasteiger partial charge in [-0.25, -0.2) is 0 Å². The Bertz CT molecular complexity index is 4740. The second-order valence-electron chi connectivity index (χ2n) is 20.4. The summed E-state index contributed by atoms with van der Waals surface area (Å²) < 4.78 is 2.31. The van der Waals surface area contributed by atoms with Crippen LogP contribution in [0, 0.1) is 0 Å². The van der Waals surface area contributed by atoms with Crippen molar-refractivity contribution < 1.29 is 19.5 Å². The van der Waals surface area contributed by atoms with Crippen LogP contribution in [-0.4, -0.2) is 27.0 Å². The first kappa shape index (κ1) is 45.2. The van der Waals surface area contributed by atoms with E-state index in [0.29, 0.717) is 27.8 Å². The number of Topliss-reactive ketones (excluding diaryl/α,β-unsaturated/α-hetero) is 3. The van der Waals surface area contributed by atoms with Crippen molar-refractivity contribution >= 4 is 111 Å². The lowest BCUT2D eigenvalue weighted by Gasteiger charge is -2.29. The molecule has 366 valence electrons. The van der Waals surface area contributed by atoms with E-state index in [2.05, 4.69) is 179 Å². The van der Waals surface area contributed by atoms with Gasteiger partial charge in [-0.1, -0.05) is 164 Å². The third-order valence-corrected chi connectivity index (χ3v) is 15.9. The summed E-state index contributed by atoms with van der Waals surface area (Å²) in [5, 5.41) is 22.8. The smallest absolute Gasteiger partial charge is 0.197 e. The van der Waals surface area contributed by atoms with E-state index in [0.717, 1.165) is 99.1 Å². The zero-order chi connectivity index (χ0) is 52.2. The quantitative estimate of drug-likeness (QED) is 0.0977. The minimum Gasteiger partial charge on any atom is -0.383 e. The van der Waals surface area contributed by atoms with Gasteiger partial charge in [0.05, 0.1) is 22.3 Å². The predicted octanol–water partition coefficient (Wildman–Crippen LogP) is 17.3. The molecular formula is C72H44N2O4. The van der Waals surface area contributed by atoms with Crippen molar-refractivity contribution in [2.24, 2.45) is 0 Å². The molecule has 0 bridgehead atoms. The van der Waals surface area contributed by atoms with Crippen molar-refractivity contribution in [3.8, 4) is 16.8 Å². The number of nitrogens with zero attached hydrogens (tertiary/aromatic N) is 2. The molecule has 0 amide bonds. The molecule has 1 N–H and O–H groups in total. The molecule has 1 heterocycles. The Balaban J connectivity index is 0.779. The Labute approximate surface area is 448 Å². The van der Waals surface area contributed by atoms with Gasteiger partial charge in [0.2, 0.25) is 0 Å². The molecule has 0 fully saturated rings. The Morgan fingerprint density at radius 1 is 0.385 bits per heavy atom. The minimum absolute atomic E-state index is 0.176. The van der Waals surface area contributed by atoms with Gasteiger partial charge < -0.3 is 14.6 Å². The highest BCUT2D eigenvalue weighted by Crippen LogP contribution is 2.47. The van der Waals surface area contributed by atoms with Gasteiger partial charge in [0, 0.05) is 60.9 Å². The molecule has 0 saturated heterocycles. The first-order chi connectivity index (χ1) is 38.3. The standard InChI is InChI=1S/C72H44N2O4/c75-69-59-18-6-7-19-60(59)70(76)64(69)36-43-22-24-47-39-54(31-28-45(47)34-43)73(53-13-2-1-3-14-53)68-56-15-5-4-12-51(56)38-52-27-26-49(41-62(52)68)50-30-33-61-63(42-50)72(78)65(71(61)77)37-44-23-25-48-40-55(32-29-46(48)35-44)74-66-20-10-8-16-57(66)58-17-9-11-21-67(58)74/h1-42,72,78H. The van der Waals surface area contributed by atoms with Crippen molar-refractivity contribution in [1.29, 1.82) is 0 Å². The molecule has 12 aromatic carbocycles. The minimum atomic E-state index is -1.10. The van der Waals surface area contributed by atoms with Crippen LogP contribution in [0.1, 0.15) is 53.9 Å². The number of carbonyl (C=O) groups is 3. The maximum atomic E-state index is 14.2. The van der Waals surface area contributed by atoms with Gasteiger partial charge >= 0.3 is 0 Å². The highest BCUT2D eigenvalue weighted by molar-refractivity contribution is 6.41. The number of rotatable bonds is 7. The molecule has 0 spiro atoms. The van der Waals surface area contributed by atoms with E-state index in [4.69, 9.17) is 0 Å². The first-order valence-electron chi connectivity index (χ1n) is 26.2. The monoisotopic (exact) mass is 1000 g/mol. The molecule has 6 heteroatoms. The molecule has 1 aromatic heterocycles. The zero-order valence-corrected chi connectivity index (χ0v) is 41.9. The molecule has 0 saturated carbocycles. The molecule has 0 aliphatic heterocycles. The molecular weight excluding hydrogens is 957 g/mol. The molecule has 1 atom stereocenters. The van der Waals surface area contributed by atoms with Gasteiger partial charge in [0.25, 0.3) is 0 Å². The lowest BCUT2D eigenvalue weighted by molar-refractivity contribution is 0.0986. The van der Waals surface area contributed by atoms with Gasteiger partial charge in [-0.05, 0) is 151 Å². The topological polar surface area (TPSA) is 79.6 Å². The predicted molar refractivity (Wildman–Crippen MR) is 318 cm³/mol. The lowest BCUT2D eigenvalue weighted by Crippen LogP contribution is -2.11. The third-order valence-electron chi connectivity index (χ3n) is 15.9. The number of hydrogen-bond acceptors (Lipinski definition) is 5. The summed E-state index contributed by atoms with van der Waals surface area (Å²) in [7, 11) is 0. The van der Waals surface area contributed by atoms with Gasteiger partial charge in [-0.15, -0.1) is 0 Å². The summed E-state index contributed by atoms with van der Waals surface area (Å²) in [4.78, 5) is 43.0. The van der Waals surface area contributed by atoms with Crippen LogP contribution < -0.4 is 4.90 Å². The summed E-state index contributed by atoms with van der Waals surface area (Å²) in [5.41, 5.74) is 12.3. The summed E-state index contributed by atoms with van der Waals surface area (Å²) in [6.45, 7) is 0. The number of allylic oxidation sites excluding steroid dienone is 1. The normalized spacial score (nSPS) is 14.7. The second-order valence-corrected chi connectivity index (χ2v) is 20.4. The number of aliphatic hydroxyl groups excluding tert-OH is 1. The van der Waals surface area contributed by atoms with Crippen LogP contribution >= 0.6 is 0 Å². The second kappa shape index (κ2) is 17.7. The van der Waals surface area contributed by atoms with Gasteiger partial charge in [0.15, 0.2) is 17.3 Å². The number of hydrogen-bond donors (Lipinski definition) is 1. The highest BCUT2D eigenvalue weighted by Gasteiger charge is 2.34. The van der Waals surface area contributed by atoms with Gasteiger partial charge in [-0.2, -0.15) is 0 Å². The lowest BCUT2D eigenvalue weighted by atomic mass is 9.94. The van der Waals surface area contributed by atoms with E-state index < -0.39 is 6.10 Å². The van der Waals surface area contributed by atoms with Crippen molar-refractivity contribution in [1.82, 2.24) is 4.57 Å². The van der Waals surface area contributed by atoms with Crippen LogP contribution in [0.4, 0.5) is 17.1 Å². The molecule has 78 heavy (non-hydrogen) atoms. The Morgan fingerprint density at radius 3 is 1.67 bits per heavy atom. The van der Waals surface area contributed by atoms with E-state index in [1.54, 1.807) is 30.3 Å². The van der Waals surface area contributed by atoms with Gasteiger partial charge in [0.1, 0.15) is 6.10 Å². The number of anilines is 3. The van der Waals surface area contributed by atoms with Crippen LogP contribution in [0.2, 0.25) is 0 Å². The van der Waals surface area contributed by atoms with E-state index in [1.807, 2.05) is 54.6 Å². The first-order valence-corrected chi connectivity index (χ1v) is 26.2. The molecule has 2 aliphatic carbocycles. The Hall–Kier alpha value is -10.3. The summed E-state index contributed by atoms with van der Waals surface area (Å²) in [5.74, 6) is -0.667. The van der Waals surface area contributed by atoms with Crippen LogP contribution in [0.15, 0.2) is 254 Å². The number of ketones is 3. The molecule has 6 nitrogen and oxygen atoms in total. The van der Waals surface area contributed by atoms with Crippen molar-refractivity contribution in [2.45, 2.75) is 6.10 Å². The fourth-order valence-corrected chi connectivity index (χ4v) is 12.1.